The summed E-state index contributed by atoms with van der Waals surface area (Å²) in [4.78, 5) is 4.91. The van der Waals surface area contributed by atoms with E-state index in [0.717, 1.165) is 34.7 Å². The van der Waals surface area contributed by atoms with Gasteiger partial charge in [0.2, 0.25) is 0 Å². The molecule has 4 rings (SSSR count). The van der Waals surface area contributed by atoms with Crippen molar-refractivity contribution >= 4 is 11.0 Å². The highest BCUT2D eigenvalue weighted by molar-refractivity contribution is 5.81. The van der Waals surface area contributed by atoms with Gasteiger partial charge in [-0.2, -0.15) is 0 Å². The van der Waals surface area contributed by atoms with E-state index in [9.17, 15) is 0 Å². The number of methoxy groups -OCH3 is 1. The summed E-state index contributed by atoms with van der Waals surface area (Å²) in [6.07, 6.45) is 0. The second-order valence-electron chi connectivity index (χ2n) is 6.67. The van der Waals surface area contributed by atoms with E-state index < -0.39 is 0 Å². The topological polar surface area (TPSA) is 27.1 Å². The predicted octanol–water partition coefficient (Wildman–Crippen LogP) is 5.38. The summed E-state index contributed by atoms with van der Waals surface area (Å²) in [5.41, 5.74) is 7.10. The second kappa shape index (κ2) is 6.68. The lowest BCUT2D eigenvalue weighted by Crippen LogP contribution is -2.04. The van der Waals surface area contributed by atoms with Crippen LogP contribution in [0.4, 0.5) is 0 Å². The second-order valence-corrected chi connectivity index (χ2v) is 6.67. The van der Waals surface area contributed by atoms with E-state index in [1.807, 2.05) is 24.3 Å². The number of hydrogen-bond acceptors (Lipinski definition) is 2. The van der Waals surface area contributed by atoms with Crippen molar-refractivity contribution in [2.45, 2.75) is 20.4 Å². The number of hydrogen-bond donors (Lipinski definition) is 0. The summed E-state index contributed by atoms with van der Waals surface area (Å²) < 4.78 is 7.70. The molecule has 0 radical (unpaired) electrons. The largest absolute Gasteiger partial charge is 0.497 e. The van der Waals surface area contributed by atoms with Crippen LogP contribution in [-0.4, -0.2) is 16.7 Å². The van der Waals surface area contributed by atoms with Crippen molar-refractivity contribution in [3.8, 4) is 17.1 Å². The van der Waals surface area contributed by atoms with Crippen LogP contribution in [0, 0.1) is 13.8 Å². The summed E-state index contributed by atoms with van der Waals surface area (Å²) in [6.45, 7) is 5.09. The van der Waals surface area contributed by atoms with Crippen LogP contribution in [-0.2, 0) is 6.54 Å². The number of fused-ring (bicyclic) bond motifs is 1. The van der Waals surface area contributed by atoms with E-state index in [4.69, 9.17) is 9.72 Å². The number of benzene rings is 3. The minimum atomic E-state index is 0.792. The molecule has 0 saturated heterocycles. The Labute approximate surface area is 153 Å². The third kappa shape index (κ3) is 2.97. The lowest BCUT2D eigenvalue weighted by atomic mass is 10.1. The molecule has 4 aromatic rings. The number of imidazole rings is 1. The Bertz CT molecular complexity index is 1080. The molecule has 0 aliphatic heterocycles. The molecule has 0 saturated carbocycles. The summed E-state index contributed by atoms with van der Waals surface area (Å²) in [5.74, 6) is 1.80. The molecule has 1 aromatic heterocycles. The molecule has 3 nitrogen and oxygen atoms in total. The first-order valence-electron chi connectivity index (χ1n) is 8.81. The molecule has 26 heavy (non-hydrogen) atoms. The molecule has 0 aliphatic rings. The number of aromatic nitrogens is 2. The van der Waals surface area contributed by atoms with Gasteiger partial charge in [-0.25, -0.2) is 4.98 Å². The van der Waals surface area contributed by atoms with E-state index in [0.29, 0.717) is 0 Å². The number of para-hydroxylation sites is 2. The van der Waals surface area contributed by atoms with Crippen molar-refractivity contribution in [2.24, 2.45) is 0 Å². The van der Waals surface area contributed by atoms with Crippen LogP contribution in [0.1, 0.15) is 16.7 Å². The van der Waals surface area contributed by atoms with Crippen LogP contribution < -0.4 is 4.74 Å². The van der Waals surface area contributed by atoms with Gasteiger partial charge in [0, 0.05) is 12.1 Å². The predicted molar refractivity (Wildman–Crippen MR) is 107 cm³/mol. The molecule has 3 aromatic carbocycles. The van der Waals surface area contributed by atoms with Gasteiger partial charge in [-0.3, -0.25) is 0 Å². The zero-order chi connectivity index (χ0) is 18.1. The van der Waals surface area contributed by atoms with E-state index in [1.165, 1.54) is 16.7 Å². The molecule has 0 aliphatic carbocycles. The first-order valence-corrected chi connectivity index (χ1v) is 8.81. The van der Waals surface area contributed by atoms with Gasteiger partial charge < -0.3 is 9.30 Å². The van der Waals surface area contributed by atoms with Gasteiger partial charge in [0.05, 0.1) is 18.1 Å². The van der Waals surface area contributed by atoms with Crippen molar-refractivity contribution in [1.82, 2.24) is 9.55 Å². The number of aryl methyl sites for hydroxylation is 2. The Hall–Kier alpha value is -3.07. The average molecular weight is 342 g/mol. The molecule has 3 heteroatoms. The fraction of sp³-hybridized carbons (Fsp3) is 0.174. The molecule has 130 valence electrons. The maximum atomic E-state index is 5.41. The minimum absolute atomic E-state index is 0.792. The van der Waals surface area contributed by atoms with Gasteiger partial charge in [0.15, 0.2) is 0 Å². The zero-order valence-corrected chi connectivity index (χ0v) is 15.4. The van der Waals surface area contributed by atoms with E-state index in [2.05, 4.69) is 60.9 Å². The Morgan fingerprint density at radius 2 is 1.77 bits per heavy atom. The molecule has 0 unspecified atom stereocenters. The van der Waals surface area contributed by atoms with Crippen LogP contribution in [0.5, 0.6) is 5.75 Å². The standard InChI is InChI=1S/C23H22N2O/c1-16-11-12-17(2)19(13-16)15-25-22-10-5-4-9-21(22)24-23(25)18-7-6-8-20(14-18)26-3/h4-14H,15H2,1-3H3. The van der Waals surface area contributed by atoms with Gasteiger partial charge in [-0.05, 0) is 49.2 Å². The Balaban J connectivity index is 1.90. The molecular formula is C23H22N2O. The van der Waals surface area contributed by atoms with Gasteiger partial charge in [-0.15, -0.1) is 0 Å². The highest BCUT2D eigenvalue weighted by atomic mass is 16.5. The Kier molecular flexibility index (Phi) is 4.21. The third-order valence-corrected chi connectivity index (χ3v) is 4.82. The van der Waals surface area contributed by atoms with Crippen molar-refractivity contribution < 1.29 is 4.74 Å². The molecule has 0 bridgehead atoms. The molecule has 0 atom stereocenters. The normalized spacial score (nSPS) is 11.0. The molecule has 0 amide bonds. The smallest absolute Gasteiger partial charge is 0.141 e. The van der Waals surface area contributed by atoms with Crippen molar-refractivity contribution in [1.29, 1.82) is 0 Å². The molecule has 1 heterocycles. The summed E-state index contributed by atoms with van der Waals surface area (Å²) in [7, 11) is 1.69. The number of rotatable bonds is 4. The summed E-state index contributed by atoms with van der Waals surface area (Å²) in [6, 6.07) is 23.0. The van der Waals surface area contributed by atoms with Gasteiger partial charge >= 0.3 is 0 Å². The summed E-state index contributed by atoms with van der Waals surface area (Å²) >= 11 is 0. The van der Waals surface area contributed by atoms with Gasteiger partial charge in [0.25, 0.3) is 0 Å². The van der Waals surface area contributed by atoms with E-state index in [-0.39, 0.29) is 0 Å². The first kappa shape index (κ1) is 16.4. The number of nitrogens with zero attached hydrogens (tertiary/aromatic N) is 2. The van der Waals surface area contributed by atoms with Crippen LogP contribution in [0.3, 0.4) is 0 Å². The van der Waals surface area contributed by atoms with Gasteiger partial charge in [0.1, 0.15) is 11.6 Å². The van der Waals surface area contributed by atoms with Crippen molar-refractivity contribution in [2.75, 3.05) is 7.11 Å². The summed E-state index contributed by atoms with van der Waals surface area (Å²) in [5, 5.41) is 0. The van der Waals surface area contributed by atoms with Gasteiger partial charge in [-0.1, -0.05) is 48.0 Å². The fourth-order valence-corrected chi connectivity index (χ4v) is 3.36. The highest BCUT2D eigenvalue weighted by Gasteiger charge is 2.14. The Morgan fingerprint density at radius 1 is 0.923 bits per heavy atom. The molecule has 0 N–H and O–H groups in total. The monoisotopic (exact) mass is 342 g/mol. The lowest BCUT2D eigenvalue weighted by Gasteiger charge is -2.13. The maximum Gasteiger partial charge on any atom is 0.141 e. The fourth-order valence-electron chi connectivity index (χ4n) is 3.36. The minimum Gasteiger partial charge on any atom is -0.497 e. The number of ether oxygens (including phenoxy) is 1. The maximum absolute atomic E-state index is 5.41. The van der Waals surface area contributed by atoms with Crippen molar-refractivity contribution in [3.05, 3.63) is 83.4 Å². The van der Waals surface area contributed by atoms with Crippen molar-refractivity contribution in [3.63, 3.8) is 0 Å². The highest BCUT2D eigenvalue weighted by Crippen LogP contribution is 2.28. The van der Waals surface area contributed by atoms with Crippen LogP contribution in [0.15, 0.2) is 66.7 Å². The van der Waals surface area contributed by atoms with Crippen LogP contribution >= 0.6 is 0 Å². The third-order valence-electron chi connectivity index (χ3n) is 4.82. The SMILES string of the molecule is COc1cccc(-c2nc3ccccc3n2Cc2cc(C)ccc2C)c1. The van der Waals surface area contributed by atoms with E-state index >= 15 is 0 Å². The molecular weight excluding hydrogens is 320 g/mol. The van der Waals surface area contributed by atoms with Crippen LogP contribution in [0.25, 0.3) is 22.4 Å². The molecule has 0 fully saturated rings. The molecule has 0 spiro atoms. The van der Waals surface area contributed by atoms with Crippen LogP contribution in [0.2, 0.25) is 0 Å². The quantitative estimate of drug-likeness (QED) is 0.498. The van der Waals surface area contributed by atoms with E-state index in [1.54, 1.807) is 7.11 Å². The zero-order valence-electron chi connectivity index (χ0n) is 15.4. The first-order chi connectivity index (χ1) is 12.7. The Morgan fingerprint density at radius 3 is 2.62 bits per heavy atom. The lowest BCUT2D eigenvalue weighted by molar-refractivity contribution is 0.415. The average Bonchev–Trinajstić information content (AvgIpc) is 3.03.